The van der Waals surface area contributed by atoms with Crippen LogP contribution < -0.4 is 16.0 Å². The van der Waals surface area contributed by atoms with Gasteiger partial charge in [-0.2, -0.15) is 0 Å². The number of Topliss-reactive ketones (excluding diaryl/α,β-unsaturated/α-hetero) is 1. The van der Waals surface area contributed by atoms with E-state index in [4.69, 9.17) is 0 Å². The van der Waals surface area contributed by atoms with Crippen molar-refractivity contribution in [3.63, 3.8) is 0 Å². The second-order valence-corrected chi connectivity index (χ2v) is 12.0. The lowest BCUT2D eigenvalue weighted by atomic mass is 9.62. The zero-order chi connectivity index (χ0) is 26.6. The number of piperidine rings is 1. The molecule has 0 aromatic heterocycles. The fraction of sp³-hybridized carbons (Fsp3) is 0.690. The Morgan fingerprint density at radius 3 is 2.30 bits per heavy atom. The normalized spacial score (nSPS) is 24.8. The Balaban J connectivity index is 1.45. The van der Waals surface area contributed by atoms with Crippen molar-refractivity contribution in [1.82, 2.24) is 20.9 Å². The summed E-state index contributed by atoms with van der Waals surface area (Å²) in [6, 6.07) is 4.87. The average molecular weight is 515 g/mol. The largest absolute Gasteiger partial charge is 0.343 e. The van der Waals surface area contributed by atoms with Crippen LogP contribution in [0.1, 0.15) is 71.3 Å². The molecule has 1 aliphatic carbocycles. The molecule has 37 heavy (non-hydrogen) atoms. The van der Waals surface area contributed by atoms with Crippen molar-refractivity contribution in [1.29, 1.82) is 0 Å². The van der Waals surface area contributed by atoms with Crippen LogP contribution >= 0.6 is 0 Å². The zero-order valence-electron chi connectivity index (χ0n) is 22.6. The first kappa shape index (κ1) is 27.7. The van der Waals surface area contributed by atoms with E-state index in [0.717, 1.165) is 18.4 Å². The van der Waals surface area contributed by atoms with E-state index in [1.165, 1.54) is 31.4 Å². The highest BCUT2D eigenvalue weighted by Gasteiger charge is 2.46. The maximum absolute atomic E-state index is 13.8. The third kappa shape index (κ3) is 6.58. The Bertz CT molecular complexity index is 956. The summed E-state index contributed by atoms with van der Waals surface area (Å²) in [4.78, 5) is 41.6. The minimum atomic E-state index is -0.755. The molecule has 0 spiro atoms. The molecule has 2 saturated heterocycles. The SMILES string of the molecule is CC(=O)C1(C2CCCCC2)CCN(C(=O)[C@@H](Cc2ccc(F)cc2)NC(=O)C2CNC(C)(C)CN2)CC1. The fourth-order valence-corrected chi connectivity index (χ4v) is 6.45. The minimum absolute atomic E-state index is 0.102. The van der Waals surface area contributed by atoms with Gasteiger partial charge in [-0.05, 0) is 70.1 Å². The quantitative estimate of drug-likeness (QED) is 0.521. The molecule has 2 atom stereocenters. The molecule has 2 heterocycles. The van der Waals surface area contributed by atoms with E-state index in [9.17, 15) is 18.8 Å². The number of rotatable bonds is 7. The molecule has 3 fully saturated rings. The number of nitrogens with one attached hydrogen (secondary N) is 3. The summed E-state index contributed by atoms with van der Waals surface area (Å²) < 4.78 is 13.5. The van der Waals surface area contributed by atoms with Gasteiger partial charge in [0.15, 0.2) is 0 Å². The number of ketones is 1. The molecule has 0 bridgehead atoms. The van der Waals surface area contributed by atoms with Crippen LogP contribution in [0.2, 0.25) is 0 Å². The number of benzene rings is 1. The van der Waals surface area contributed by atoms with Crippen molar-refractivity contribution in [2.75, 3.05) is 26.2 Å². The third-order valence-corrected chi connectivity index (χ3v) is 8.91. The van der Waals surface area contributed by atoms with E-state index in [1.54, 1.807) is 19.1 Å². The molecule has 1 unspecified atom stereocenters. The maximum atomic E-state index is 13.8. The number of hydrogen-bond acceptors (Lipinski definition) is 5. The molecular weight excluding hydrogens is 471 g/mol. The molecule has 4 rings (SSSR count). The van der Waals surface area contributed by atoms with E-state index < -0.39 is 12.1 Å². The summed E-state index contributed by atoms with van der Waals surface area (Å²) in [5.74, 6) is -0.0419. The van der Waals surface area contributed by atoms with E-state index in [-0.39, 0.29) is 40.8 Å². The molecule has 3 aliphatic rings. The number of piperazine rings is 1. The van der Waals surface area contributed by atoms with Crippen molar-refractivity contribution in [3.8, 4) is 0 Å². The molecule has 1 saturated carbocycles. The predicted octanol–water partition coefficient (Wildman–Crippen LogP) is 2.97. The van der Waals surface area contributed by atoms with Crippen LogP contribution in [0.4, 0.5) is 4.39 Å². The van der Waals surface area contributed by atoms with Crippen molar-refractivity contribution >= 4 is 17.6 Å². The van der Waals surface area contributed by atoms with Crippen LogP contribution in [0.25, 0.3) is 0 Å². The molecule has 204 valence electrons. The topological polar surface area (TPSA) is 90.5 Å². The fourth-order valence-electron chi connectivity index (χ4n) is 6.45. The molecule has 3 N–H and O–H groups in total. The summed E-state index contributed by atoms with van der Waals surface area (Å²) in [6.45, 7) is 8.00. The van der Waals surface area contributed by atoms with Crippen LogP contribution in [0.3, 0.4) is 0 Å². The highest BCUT2D eigenvalue weighted by Crippen LogP contribution is 2.46. The van der Waals surface area contributed by atoms with E-state index in [0.29, 0.717) is 44.9 Å². The minimum Gasteiger partial charge on any atom is -0.343 e. The van der Waals surface area contributed by atoms with Gasteiger partial charge in [-0.3, -0.25) is 14.4 Å². The Morgan fingerprint density at radius 1 is 1.08 bits per heavy atom. The van der Waals surface area contributed by atoms with Gasteiger partial charge in [-0.1, -0.05) is 31.4 Å². The van der Waals surface area contributed by atoms with Crippen LogP contribution in [0, 0.1) is 17.2 Å². The van der Waals surface area contributed by atoms with Gasteiger partial charge in [0.25, 0.3) is 0 Å². The highest BCUT2D eigenvalue weighted by atomic mass is 19.1. The number of carbonyl (C=O) groups is 3. The molecule has 1 aromatic carbocycles. The number of halogens is 1. The number of likely N-dealkylation sites (tertiary alicyclic amines) is 1. The third-order valence-electron chi connectivity index (χ3n) is 8.91. The van der Waals surface area contributed by atoms with Gasteiger partial charge in [0.05, 0.1) is 6.04 Å². The maximum Gasteiger partial charge on any atom is 0.245 e. The summed E-state index contributed by atoms with van der Waals surface area (Å²) >= 11 is 0. The van der Waals surface area contributed by atoms with Crippen LogP contribution in [0.5, 0.6) is 0 Å². The predicted molar refractivity (Wildman–Crippen MR) is 141 cm³/mol. The second-order valence-electron chi connectivity index (χ2n) is 12.0. The van der Waals surface area contributed by atoms with E-state index >= 15 is 0 Å². The molecular formula is C29H43FN4O3. The Morgan fingerprint density at radius 2 is 1.73 bits per heavy atom. The number of hydrogen-bond donors (Lipinski definition) is 3. The lowest BCUT2D eigenvalue weighted by Gasteiger charge is -2.47. The number of carbonyl (C=O) groups excluding carboxylic acids is 3. The van der Waals surface area contributed by atoms with Gasteiger partial charge in [-0.25, -0.2) is 4.39 Å². The van der Waals surface area contributed by atoms with Gasteiger partial charge < -0.3 is 20.9 Å². The van der Waals surface area contributed by atoms with Gasteiger partial charge >= 0.3 is 0 Å². The molecule has 2 aliphatic heterocycles. The lowest BCUT2D eigenvalue weighted by molar-refractivity contribution is -0.144. The highest BCUT2D eigenvalue weighted by molar-refractivity contribution is 5.90. The number of amides is 2. The summed E-state index contributed by atoms with van der Waals surface area (Å²) in [7, 11) is 0. The summed E-state index contributed by atoms with van der Waals surface area (Å²) in [5, 5.41) is 9.63. The summed E-state index contributed by atoms with van der Waals surface area (Å²) in [5.41, 5.74) is 0.348. The van der Waals surface area contributed by atoms with E-state index in [1.807, 2.05) is 4.90 Å². The lowest BCUT2D eigenvalue weighted by Crippen LogP contribution is -2.65. The van der Waals surface area contributed by atoms with Crippen molar-refractivity contribution in [2.45, 2.75) is 89.8 Å². The smallest absolute Gasteiger partial charge is 0.245 e. The first-order valence-electron chi connectivity index (χ1n) is 13.9. The first-order valence-corrected chi connectivity index (χ1v) is 13.9. The Labute approximate surface area is 220 Å². The standard InChI is InChI=1S/C29H43FN4O3/c1-20(35)29(22-7-5-4-6-8-22)13-15-34(16-14-29)27(37)24(17-21-9-11-23(30)12-10-21)33-26(36)25-18-32-28(2,3)19-31-25/h9-12,22,24-25,31-32H,4-8,13-19H2,1-3H3,(H,33,36)/t24-,25?/m1/s1. The average Bonchev–Trinajstić information content (AvgIpc) is 2.89. The first-order chi connectivity index (χ1) is 17.6. The summed E-state index contributed by atoms with van der Waals surface area (Å²) in [6.07, 6.45) is 7.42. The van der Waals surface area contributed by atoms with Gasteiger partial charge in [0, 0.05) is 43.6 Å². The van der Waals surface area contributed by atoms with Crippen LogP contribution in [0.15, 0.2) is 24.3 Å². The van der Waals surface area contributed by atoms with Crippen molar-refractivity contribution < 1.29 is 18.8 Å². The zero-order valence-corrected chi connectivity index (χ0v) is 22.6. The van der Waals surface area contributed by atoms with Gasteiger partial charge in [-0.15, -0.1) is 0 Å². The Hall–Kier alpha value is -2.32. The van der Waals surface area contributed by atoms with Gasteiger partial charge in [0.1, 0.15) is 17.6 Å². The van der Waals surface area contributed by atoms with Crippen LogP contribution in [-0.2, 0) is 20.8 Å². The monoisotopic (exact) mass is 514 g/mol. The van der Waals surface area contributed by atoms with Crippen molar-refractivity contribution in [3.05, 3.63) is 35.6 Å². The van der Waals surface area contributed by atoms with Crippen LogP contribution in [-0.4, -0.2) is 66.3 Å². The Kier molecular flexibility index (Phi) is 8.69. The van der Waals surface area contributed by atoms with E-state index in [2.05, 4.69) is 29.8 Å². The second kappa shape index (κ2) is 11.6. The molecule has 7 nitrogen and oxygen atoms in total. The molecule has 0 radical (unpaired) electrons. The molecule has 1 aromatic rings. The molecule has 8 heteroatoms. The van der Waals surface area contributed by atoms with Gasteiger partial charge in [0.2, 0.25) is 11.8 Å². The molecule has 2 amide bonds. The van der Waals surface area contributed by atoms with Crippen molar-refractivity contribution in [2.24, 2.45) is 11.3 Å². The number of nitrogens with zero attached hydrogens (tertiary/aromatic N) is 1.